The highest BCUT2D eigenvalue weighted by Gasteiger charge is 2.30. The second-order valence-electron chi connectivity index (χ2n) is 5.29. The van der Waals surface area contributed by atoms with Gasteiger partial charge in [-0.25, -0.2) is 4.98 Å². The van der Waals surface area contributed by atoms with E-state index in [-0.39, 0.29) is 11.8 Å². The van der Waals surface area contributed by atoms with Crippen LogP contribution in [0.15, 0.2) is 34.1 Å². The van der Waals surface area contributed by atoms with E-state index in [0.717, 1.165) is 18.2 Å². The van der Waals surface area contributed by atoms with Gasteiger partial charge >= 0.3 is 0 Å². The van der Waals surface area contributed by atoms with Crippen LogP contribution in [-0.2, 0) is 4.79 Å². The SMILES string of the molecule is COc1cccc2cc(-c3csc(NC(=O)C4CC4)n3)oc12. The number of benzene rings is 1. The smallest absolute Gasteiger partial charge is 0.229 e. The number of ether oxygens (including phenoxy) is 1. The van der Waals surface area contributed by atoms with Crippen molar-refractivity contribution >= 4 is 33.3 Å². The fraction of sp³-hybridized carbons (Fsp3) is 0.250. The Bertz CT molecular complexity index is 848. The van der Waals surface area contributed by atoms with Crippen molar-refractivity contribution in [3.05, 3.63) is 29.6 Å². The van der Waals surface area contributed by atoms with Crippen molar-refractivity contribution in [1.29, 1.82) is 0 Å². The van der Waals surface area contributed by atoms with Crippen LogP contribution in [0.4, 0.5) is 5.13 Å². The molecule has 1 amide bonds. The number of nitrogens with one attached hydrogen (secondary N) is 1. The van der Waals surface area contributed by atoms with E-state index in [1.165, 1.54) is 11.3 Å². The zero-order chi connectivity index (χ0) is 15.1. The first kappa shape index (κ1) is 13.3. The molecule has 5 nitrogen and oxygen atoms in total. The predicted octanol–water partition coefficient (Wildman–Crippen LogP) is 3.91. The summed E-state index contributed by atoms with van der Waals surface area (Å²) in [5, 5.41) is 6.31. The minimum atomic E-state index is 0.0622. The highest BCUT2D eigenvalue weighted by molar-refractivity contribution is 7.14. The molecular weight excluding hydrogens is 300 g/mol. The summed E-state index contributed by atoms with van der Waals surface area (Å²) in [5.74, 6) is 1.60. The van der Waals surface area contributed by atoms with Gasteiger partial charge < -0.3 is 14.5 Å². The molecule has 1 aliphatic carbocycles. The number of thiazole rings is 1. The van der Waals surface area contributed by atoms with E-state index in [4.69, 9.17) is 9.15 Å². The number of rotatable bonds is 4. The first-order valence-corrected chi connectivity index (χ1v) is 7.96. The summed E-state index contributed by atoms with van der Waals surface area (Å²) in [5.41, 5.74) is 1.42. The zero-order valence-electron chi connectivity index (χ0n) is 12.0. The normalized spacial score (nSPS) is 14.2. The van der Waals surface area contributed by atoms with Gasteiger partial charge in [0.15, 0.2) is 22.2 Å². The molecule has 0 bridgehead atoms. The summed E-state index contributed by atoms with van der Waals surface area (Å²) < 4.78 is 11.2. The number of methoxy groups -OCH3 is 1. The van der Waals surface area contributed by atoms with Crippen LogP contribution >= 0.6 is 11.3 Å². The Labute approximate surface area is 130 Å². The van der Waals surface area contributed by atoms with E-state index >= 15 is 0 Å². The number of carbonyl (C=O) groups excluding carboxylic acids is 1. The number of nitrogens with zero attached hydrogens (tertiary/aromatic N) is 1. The van der Waals surface area contributed by atoms with Crippen molar-refractivity contribution in [3.8, 4) is 17.2 Å². The van der Waals surface area contributed by atoms with Crippen LogP contribution in [0.25, 0.3) is 22.4 Å². The van der Waals surface area contributed by atoms with Gasteiger partial charge in [-0.3, -0.25) is 4.79 Å². The van der Waals surface area contributed by atoms with E-state index in [1.807, 2.05) is 29.6 Å². The summed E-state index contributed by atoms with van der Waals surface area (Å²) >= 11 is 1.40. The molecule has 1 saturated carbocycles. The van der Waals surface area contributed by atoms with Crippen LogP contribution in [0.1, 0.15) is 12.8 Å². The maximum atomic E-state index is 11.8. The van der Waals surface area contributed by atoms with Crippen molar-refractivity contribution in [1.82, 2.24) is 4.98 Å². The first-order valence-electron chi connectivity index (χ1n) is 7.08. The number of aromatic nitrogens is 1. The molecule has 112 valence electrons. The molecule has 1 aliphatic rings. The maximum Gasteiger partial charge on any atom is 0.229 e. The van der Waals surface area contributed by atoms with E-state index in [2.05, 4.69) is 10.3 Å². The fourth-order valence-corrected chi connectivity index (χ4v) is 3.02. The maximum absolute atomic E-state index is 11.8. The Balaban J connectivity index is 1.64. The fourth-order valence-electron chi connectivity index (χ4n) is 2.32. The average Bonchev–Trinajstić information content (AvgIpc) is 3.13. The second-order valence-corrected chi connectivity index (χ2v) is 6.15. The summed E-state index contributed by atoms with van der Waals surface area (Å²) in [7, 11) is 1.62. The predicted molar refractivity (Wildman–Crippen MR) is 85.2 cm³/mol. The average molecular weight is 314 g/mol. The van der Waals surface area contributed by atoms with Crippen LogP contribution in [-0.4, -0.2) is 18.0 Å². The Morgan fingerprint density at radius 3 is 3.09 bits per heavy atom. The molecule has 0 aliphatic heterocycles. The molecule has 2 aromatic heterocycles. The van der Waals surface area contributed by atoms with Crippen molar-refractivity contribution in [3.63, 3.8) is 0 Å². The number of furan rings is 1. The lowest BCUT2D eigenvalue weighted by Crippen LogP contribution is -2.12. The standard InChI is InChI=1S/C16H14N2O3S/c1-20-12-4-2-3-10-7-13(21-14(10)12)11-8-22-16(17-11)18-15(19)9-5-6-9/h2-4,7-9H,5-6H2,1H3,(H,17,18,19). The third-order valence-electron chi connectivity index (χ3n) is 3.66. The Kier molecular flexibility index (Phi) is 3.11. The van der Waals surface area contributed by atoms with Crippen molar-refractivity contribution in [2.45, 2.75) is 12.8 Å². The minimum Gasteiger partial charge on any atom is -0.493 e. The highest BCUT2D eigenvalue weighted by atomic mass is 32.1. The van der Waals surface area contributed by atoms with Gasteiger partial charge in [-0.05, 0) is 25.0 Å². The van der Waals surface area contributed by atoms with E-state index in [9.17, 15) is 4.79 Å². The van der Waals surface area contributed by atoms with Crippen molar-refractivity contribution in [2.75, 3.05) is 12.4 Å². The Morgan fingerprint density at radius 2 is 2.32 bits per heavy atom. The number of fused-ring (bicyclic) bond motifs is 1. The topological polar surface area (TPSA) is 64.4 Å². The van der Waals surface area contributed by atoms with Gasteiger partial charge in [0.1, 0.15) is 5.69 Å². The molecule has 22 heavy (non-hydrogen) atoms. The molecular formula is C16H14N2O3S. The molecule has 6 heteroatoms. The van der Waals surface area contributed by atoms with Gasteiger partial charge in [0.05, 0.1) is 7.11 Å². The lowest BCUT2D eigenvalue weighted by atomic mass is 10.2. The summed E-state index contributed by atoms with van der Waals surface area (Å²) in [6.45, 7) is 0. The molecule has 0 saturated heterocycles. The molecule has 4 rings (SSSR count). The molecule has 3 aromatic rings. The van der Waals surface area contributed by atoms with Gasteiger partial charge in [0, 0.05) is 16.7 Å². The van der Waals surface area contributed by atoms with Crippen LogP contribution in [0.5, 0.6) is 5.75 Å². The second kappa shape index (κ2) is 5.14. The molecule has 0 unspecified atom stereocenters. The van der Waals surface area contributed by atoms with Crippen molar-refractivity contribution < 1.29 is 13.9 Å². The molecule has 1 aromatic carbocycles. The Hall–Kier alpha value is -2.34. The van der Waals surface area contributed by atoms with Crippen LogP contribution in [0.3, 0.4) is 0 Å². The summed E-state index contributed by atoms with van der Waals surface area (Å²) in [4.78, 5) is 16.2. The molecule has 0 radical (unpaired) electrons. The quantitative estimate of drug-likeness (QED) is 0.793. The number of hydrogen-bond acceptors (Lipinski definition) is 5. The van der Waals surface area contributed by atoms with E-state index < -0.39 is 0 Å². The molecule has 0 atom stereocenters. The van der Waals surface area contributed by atoms with Crippen LogP contribution < -0.4 is 10.1 Å². The first-order chi connectivity index (χ1) is 10.7. The van der Waals surface area contributed by atoms with Gasteiger partial charge in [0.25, 0.3) is 0 Å². The van der Waals surface area contributed by atoms with Gasteiger partial charge in [0.2, 0.25) is 5.91 Å². The Morgan fingerprint density at radius 1 is 1.45 bits per heavy atom. The number of para-hydroxylation sites is 1. The number of anilines is 1. The van der Waals surface area contributed by atoms with E-state index in [0.29, 0.717) is 27.9 Å². The summed E-state index contributed by atoms with van der Waals surface area (Å²) in [6, 6.07) is 7.67. The van der Waals surface area contributed by atoms with Crippen LogP contribution in [0, 0.1) is 5.92 Å². The van der Waals surface area contributed by atoms with Crippen molar-refractivity contribution in [2.24, 2.45) is 5.92 Å². The van der Waals surface area contributed by atoms with Gasteiger partial charge in [-0.2, -0.15) is 0 Å². The molecule has 1 N–H and O–H groups in total. The number of amides is 1. The van der Waals surface area contributed by atoms with Gasteiger partial charge in [-0.1, -0.05) is 12.1 Å². The number of hydrogen-bond donors (Lipinski definition) is 1. The molecule has 0 spiro atoms. The third kappa shape index (κ3) is 2.35. The lowest BCUT2D eigenvalue weighted by Gasteiger charge is -1.98. The molecule has 2 heterocycles. The van der Waals surface area contributed by atoms with E-state index in [1.54, 1.807) is 7.11 Å². The number of carbonyl (C=O) groups is 1. The highest BCUT2D eigenvalue weighted by Crippen LogP contribution is 2.35. The monoisotopic (exact) mass is 314 g/mol. The van der Waals surface area contributed by atoms with Crippen LogP contribution in [0.2, 0.25) is 0 Å². The lowest BCUT2D eigenvalue weighted by molar-refractivity contribution is -0.117. The van der Waals surface area contributed by atoms with Gasteiger partial charge in [-0.15, -0.1) is 11.3 Å². The molecule has 1 fully saturated rings. The third-order valence-corrected chi connectivity index (χ3v) is 4.42. The zero-order valence-corrected chi connectivity index (χ0v) is 12.8. The summed E-state index contributed by atoms with van der Waals surface area (Å²) in [6.07, 6.45) is 1.96. The minimum absolute atomic E-state index is 0.0622. The largest absolute Gasteiger partial charge is 0.493 e.